The maximum atomic E-state index is 5.49. The number of aliphatic imine (C=N–C) groups is 1. The van der Waals surface area contributed by atoms with Gasteiger partial charge in [0.2, 0.25) is 5.96 Å². The molecule has 0 heterocycles. The molecule has 1 aliphatic rings. The highest BCUT2D eigenvalue weighted by Gasteiger charge is 2.24. The van der Waals surface area contributed by atoms with E-state index in [1.165, 1.54) is 25.7 Å². The van der Waals surface area contributed by atoms with Gasteiger partial charge in [-0.2, -0.15) is 0 Å². The van der Waals surface area contributed by atoms with Crippen molar-refractivity contribution in [3.8, 4) is 0 Å². The minimum Gasteiger partial charge on any atom is -0.353 e. The molecule has 0 amide bonds. The summed E-state index contributed by atoms with van der Waals surface area (Å²) >= 11 is 0. The van der Waals surface area contributed by atoms with Crippen molar-refractivity contribution in [2.45, 2.75) is 58.9 Å². The molecule has 1 fully saturated rings. The molecule has 0 aromatic carbocycles. The molecule has 1 aliphatic carbocycles. The van der Waals surface area contributed by atoms with Gasteiger partial charge in [-0.15, -0.1) is 0 Å². The summed E-state index contributed by atoms with van der Waals surface area (Å²) in [5, 5.41) is 3.43. The second-order valence-corrected chi connectivity index (χ2v) is 5.34. The van der Waals surface area contributed by atoms with E-state index in [1.54, 1.807) is 0 Å². The van der Waals surface area contributed by atoms with Crippen molar-refractivity contribution in [1.82, 2.24) is 10.7 Å². The molecule has 0 spiro atoms. The topological polar surface area (TPSA) is 62.4 Å². The van der Waals surface area contributed by atoms with E-state index in [9.17, 15) is 0 Å². The predicted molar refractivity (Wildman–Crippen MR) is 73.6 cm³/mol. The highest BCUT2D eigenvalue weighted by Crippen LogP contribution is 2.29. The van der Waals surface area contributed by atoms with E-state index in [4.69, 9.17) is 5.84 Å². The van der Waals surface area contributed by atoms with Crippen LogP contribution in [-0.2, 0) is 0 Å². The van der Waals surface area contributed by atoms with Gasteiger partial charge in [0, 0.05) is 12.6 Å². The van der Waals surface area contributed by atoms with E-state index in [-0.39, 0.29) is 0 Å². The lowest BCUT2D eigenvalue weighted by Gasteiger charge is -2.33. The van der Waals surface area contributed by atoms with Crippen molar-refractivity contribution in [1.29, 1.82) is 0 Å². The average molecular weight is 240 g/mol. The molecule has 0 radical (unpaired) electrons. The van der Waals surface area contributed by atoms with Crippen LogP contribution in [0.15, 0.2) is 4.99 Å². The smallest absolute Gasteiger partial charge is 0.205 e. The van der Waals surface area contributed by atoms with Gasteiger partial charge >= 0.3 is 0 Å². The van der Waals surface area contributed by atoms with Gasteiger partial charge in [0.1, 0.15) is 0 Å². The van der Waals surface area contributed by atoms with E-state index >= 15 is 0 Å². The second-order valence-electron chi connectivity index (χ2n) is 5.34. The van der Waals surface area contributed by atoms with Crippen molar-refractivity contribution >= 4 is 5.96 Å². The van der Waals surface area contributed by atoms with Gasteiger partial charge in [-0.25, -0.2) is 5.84 Å². The SMILES string of the molecule is CCCCN=C(NN)NC1CCC(C)C(C)C1. The molecule has 0 aliphatic heterocycles. The lowest BCUT2D eigenvalue weighted by Crippen LogP contribution is -2.48. The minimum absolute atomic E-state index is 0.526. The minimum atomic E-state index is 0.526. The van der Waals surface area contributed by atoms with E-state index < -0.39 is 0 Å². The summed E-state index contributed by atoms with van der Waals surface area (Å²) in [5.74, 6) is 7.88. The van der Waals surface area contributed by atoms with Crippen LogP contribution in [0.25, 0.3) is 0 Å². The standard InChI is InChI=1S/C13H28N4/c1-4-5-8-15-13(17-14)16-12-7-6-10(2)11(3)9-12/h10-12H,4-9,14H2,1-3H3,(H2,15,16,17). The van der Waals surface area contributed by atoms with Gasteiger partial charge in [-0.05, 0) is 37.5 Å². The number of hydrogen-bond acceptors (Lipinski definition) is 2. The van der Waals surface area contributed by atoms with Crippen LogP contribution in [0.1, 0.15) is 52.9 Å². The quantitative estimate of drug-likeness (QED) is 0.232. The Hall–Kier alpha value is -0.770. The maximum Gasteiger partial charge on any atom is 0.205 e. The molecule has 3 atom stereocenters. The molecule has 100 valence electrons. The summed E-state index contributed by atoms with van der Waals surface area (Å²) in [6.07, 6.45) is 6.02. The van der Waals surface area contributed by atoms with Crippen molar-refractivity contribution in [3.63, 3.8) is 0 Å². The molecule has 0 bridgehead atoms. The molecule has 4 heteroatoms. The zero-order valence-electron chi connectivity index (χ0n) is 11.5. The third-order valence-corrected chi connectivity index (χ3v) is 3.86. The number of unbranched alkanes of at least 4 members (excludes halogenated alkanes) is 1. The van der Waals surface area contributed by atoms with Crippen LogP contribution >= 0.6 is 0 Å². The van der Waals surface area contributed by atoms with Crippen LogP contribution < -0.4 is 16.6 Å². The number of nitrogens with two attached hydrogens (primary N) is 1. The Morgan fingerprint density at radius 1 is 1.29 bits per heavy atom. The highest BCUT2D eigenvalue weighted by molar-refractivity contribution is 5.79. The molecule has 3 unspecified atom stereocenters. The van der Waals surface area contributed by atoms with E-state index in [2.05, 4.69) is 36.5 Å². The Kier molecular flexibility index (Phi) is 6.34. The number of rotatable bonds is 4. The monoisotopic (exact) mass is 240 g/mol. The first kappa shape index (κ1) is 14.3. The molecule has 0 aromatic heterocycles. The fourth-order valence-electron chi connectivity index (χ4n) is 2.35. The number of nitrogens with one attached hydrogen (secondary N) is 2. The molecule has 0 aromatic rings. The van der Waals surface area contributed by atoms with Crippen molar-refractivity contribution in [2.24, 2.45) is 22.7 Å². The Balaban J connectivity index is 2.37. The Labute approximate surface area is 105 Å². The normalized spacial score (nSPS) is 30.1. The predicted octanol–water partition coefficient (Wildman–Crippen LogP) is 2.02. The van der Waals surface area contributed by atoms with Gasteiger partial charge in [0.15, 0.2) is 0 Å². The number of hydrazine groups is 1. The molecule has 1 rings (SSSR count). The average Bonchev–Trinajstić information content (AvgIpc) is 2.32. The van der Waals surface area contributed by atoms with Gasteiger partial charge < -0.3 is 5.32 Å². The van der Waals surface area contributed by atoms with E-state index in [1.807, 2.05) is 0 Å². The Bertz CT molecular complexity index is 240. The molecular weight excluding hydrogens is 212 g/mol. The van der Waals surface area contributed by atoms with Crippen molar-refractivity contribution < 1.29 is 0 Å². The number of guanidine groups is 1. The van der Waals surface area contributed by atoms with E-state index in [0.717, 1.165) is 30.8 Å². The lowest BCUT2D eigenvalue weighted by molar-refractivity contribution is 0.239. The third kappa shape index (κ3) is 4.94. The molecular formula is C13H28N4. The van der Waals surface area contributed by atoms with Crippen molar-refractivity contribution in [2.75, 3.05) is 6.54 Å². The van der Waals surface area contributed by atoms with Gasteiger partial charge in [-0.1, -0.05) is 27.2 Å². The van der Waals surface area contributed by atoms with Crippen LogP contribution in [0.5, 0.6) is 0 Å². The van der Waals surface area contributed by atoms with Crippen LogP contribution in [0.4, 0.5) is 0 Å². The Morgan fingerprint density at radius 3 is 2.65 bits per heavy atom. The van der Waals surface area contributed by atoms with E-state index in [0.29, 0.717) is 6.04 Å². The fraction of sp³-hybridized carbons (Fsp3) is 0.923. The lowest BCUT2D eigenvalue weighted by atomic mass is 9.79. The van der Waals surface area contributed by atoms with Crippen molar-refractivity contribution in [3.05, 3.63) is 0 Å². The number of nitrogens with zero attached hydrogens (tertiary/aromatic N) is 1. The summed E-state index contributed by atoms with van der Waals surface area (Å²) in [5.41, 5.74) is 2.67. The largest absolute Gasteiger partial charge is 0.353 e. The zero-order valence-corrected chi connectivity index (χ0v) is 11.5. The summed E-state index contributed by atoms with van der Waals surface area (Å²) in [7, 11) is 0. The van der Waals surface area contributed by atoms with Gasteiger partial charge in [0.05, 0.1) is 0 Å². The third-order valence-electron chi connectivity index (χ3n) is 3.86. The first-order valence-corrected chi connectivity index (χ1v) is 6.95. The number of hydrogen-bond donors (Lipinski definition) is 3. The zero-order chi connectivity index (χ0) is 12.7. The fourth-order valence-corrected chi connectivity index (χ4v) is 2.35. The molecule has 4 N–H and O–H groups in total. The van der Waals surface area contributed by atoms with Crippen LogP contribution in [0, 0.1) is 11.8 Å². The highest BCUT2D eigenvalue weighted by atomic mass is 15.3. The van der Waals surface area contributed by atoms with Crippen LogP contribution in [0.3, 0.4) is 0 Å². The maximum absolute atomic E-state index is 5.49. The Morgan fingerprint density at radius 2 is 2.06 bits per heavy atom. The molecule has 1 saturated carbocycles. The molecule has 17 heavy (non-hydrogen) atoms. The first-order chi connectivity index (χ1) is 8.17. The summed E-state index contributed by atoms with van der Waals surface area (Å²) in [6, 6.07) is 0.526. The van der Waals surface area contributed by atoms with Crippen LogP contribution in [0.2, 0.25) is 0 Å². The summed E-state index contributed by atoms with van der Waals surface area (Å²) in [6.45, 7) is 7.70. The van der Waals surface area contributed by atoms with Gasteiger partial charge in [-0.3, -0.25) is 10.4 Å². The molecule has 0 saturated heterocycles. The molecule has 4 nitrogen and oxygen atoms in total. The van der Waals surface area contributed by atoms with Gasteiger partial charge in [0.25, 0.3) is 0 Å². The second kappa shape index (κ2) is 7.54. The summed E-state index contributed by atoms with van der Waals surface area (Å²) < 4.78 is 0. The first-order valence-electron chi connectivity index (χ1n) is 6.95. The summed E-state index contributed by atoms with van der Waals surface area (Å²) in [4.78, 5) is 4.44. The van der Waals surface area contributed by atoms with Crippen LogP contribution in [-0.4, -0.2) is 18.5 Å².